The van der Waals surface area contributed by atoms with Crippen LogP contribution in [0.2, 0.25) is 0 Å². The van der Waals surface area contributed by atoms with E-state index in [9.17, 15) is 18.0 Å². The molecule has 0 unspecified atom stereocenters. The molecular formula is C25H30N2O6S. The standard InChI is InChI=1S/C25H30N2O6S/c1-16(28)20-13-22-23(33-15-32-22)14-21(20)26-24(29)17-9-11-27(12-10-17)34(30,31)19-7-5-18(6-8-19)25(2,3)4/h5-8,13-14,17H,9-12,15H2,1-4H3,(H,26,29). The van der Waals surface area contributed by atoms with Gasteiger partial charge in [-0.3, -0.25) is 9.59 Å². The highest BCUT2D eigenvalue weighted by molar-refractivity contribution is 7.89. The van der Waals surface area contributed by atoms with Gasteiger partial charge in [-0.15, -0.1) is 0 Å². The molecule has 2 aromatic rings. The van der Waals surface area contributed by atoms with E-state index in [4.69, 9.17) is 9.47 Å². The summed E-state index contributed by atoms with van der Waals surface area (Å²) in [6.07, 6.45) is 0.788. The third-order valence-electron chi connectivity index (χ3n) is 6.33. The summed E-state index contributed by atoms with van der Waals surface area (Å²) in [6, 6.07) is 10.2. The number of piperidine rings is 1. The maximum absolute atomic E-state index is 13.1. The zero-order valence-electron chi connectivity index (χ0n) is 19.9. The number of anilines is 1. The summed E-state index contributed by atoms with van der Waals surface area (Å²) in [5, 5.41) is 2.83. The normalized spacial score (nSPS) is 16.9. The first kappa shape index (κ1) is 24.2. The van der Waals surface area contributed by atoms with Gasteiger partial charge in [-0.05, 0) is 48.9 Å². The molecule has 0 spiro atoms. The molecule has 1 N–H and O–H groups in total. The number of benzene rings is 2. The predicted octanol–water partition coefficient (Wildman–Crippen LogP) is 3.95. The molecule has 0 aromatic heterocycles. The van der Waals surface area contributed by atoms with Crippen LogP contribution >= 0.6 is 0 Å². The molecule has 2 heterocycles. The maximum Gasteiger partial charge on any atom is 0.243 e. The number of carbonyl (C=O) groups is 2. The second-order valence-electron chi connectivity index (χ2n) is 9.75. The van der Waals surface area contributed by atoms with Crippen LogP contribution in [0.3, 0.4) is 0 Å². The van der Waals surface area contributed by atoms with E-state index >= 15 is 0 Å². The quantitative estimate of drug-likeness (QED) is 0.642. The van der Waals surface area contributed by atoms with E-state index in [1.54, 1.807) is 24.3 Å². The zero-order chi connectivity index (χ0) is 24.7. The van der Waals surface area contributed by atoms with Crippen LogP contribution in [0, 0.1) is 5.92 Å². The summed E-state index contributed by atoms with van der Waals surface area (Å²) in [7, 11) is -3.63. The lowest BCUT2D eigenvalue weighted by atomic mass is 9.87. The molecule has 9 heteroatoms. The van der Waals surface area contributed by atoms with Crippen molar-refractivity contribution in [2.24, 2.45) is 5.92 Å². The van der Waals surface area contributed by atoms with Crippen molar-refractivity contribution in [1.82, 2.24) is 4.31 Å². The Balaban J connectivity index is 1.42. The molecule has 0 bridgehead atoms. The maximum atomic E-state index is 13.1. The topological polar surface area (TPSA) is 102 Å². The Kier molecular flexibility index (Phi) is 6.44. The van der Waals surface area contributed by atoms with Crippen molar-refractivity contribution in [3.63, 3.8) is 0 Å². The van der Waals surface area contributed by atoms with Crippen molar-refractivity contribution in [2.45, 2.75) is 50.8 Å². The summed E-state index contributed by atoms with van der Waals surface area (Å²) in [4.78, 5) is 25.3. The monoisotopic (exact) mass is 486 g/mol. The van der Waals surface area contributed by atoms with Gasteiger partial charge in [0, 0.05) is 30.6 Å². The van der Waals surface area contributed by atoms with Crippen LogP contribution in [0.15, 0.2) is 41.3 Å². The first-order valence-electron chi connectivity index (χ1n) is 11.3. The van der Waals surface area contributed by atoms with E-state index in [1.807, 2.05) is 12.1 Å². The Bertz CT molecular complexity index is 1210. The Labute approximate surface area is 200 Å². The summed E-state index contributed by atoms with van der Waals surface area (Å²) in [5.41, 5.74) is 1.72. The Hall–Kier alpha value is -2.91. The first-order chi connectivity index (χ1) is 16.0. The fraction of sp³-hybridized carbons (Fsp3) is 0.440. The Morgan fingerprint density at radius 3 is 2.15 bits per heavy atom. The lowest BCUT2D eigenvalue weighted by Crippen LogP contribution is -2.41. The highest BCUT2D eigenvalue weighted by Crippen LogP contribution is 2.37. The molecule has 2 aromatic carbocycles. The van der Waals surface area contributed by atoms with Crippen LogP contribution in [0.5, 0.6) is 11.5 Å². The number of fused-ring (bicyclic) bond motifs is 1. The minimum Gasteiger partial charge on any atom is -0.454 e. The van der Waals surface area contributed by atoms with Gasteiger partial charge in [0.2, 0.25) is 22.7 Å². The summed E-state index contributed by atoms with van der Waals surface area (Å²) in [5.74, 6) is 0.135. The van der Waals surface area contributed by atoms with Crippen molar-refractivity contribution >= 4 is 27.4 Å². The minimum absolute atomic E-state index is 0.0613. The van der Waals surface area contributed by atoms with Gasteiger partial charge < -0.3 is 14.8 Å². The lowest BCUT2D eigenvalue weighted by molar-refractivity contribution is -0.120. The number of hydrogen-bond donors (Lipinski definition) is 1. The van der Waals surface area contributed by atoms with Crippen molar-refractivity contribution in [1.29, 1.82) is 0 Å². The van der Waals surface area contributed by atoms with E-state index in [0.717, 1.165) is 5.56 Å². The molecule has 1 amide bonds. The number of nitrogens with one attached hydrogen (secondary N) is 1. The van der Waals surface area contributed by atoms with Gasteiger partial charge in [0.05, 0.1) is 10.6 Å². The van der Waals surface area contributed by atoms with Gasteiger partial charge in [-0.2, -0.15) is 4.31 Å². The molecule has 0 atom stereocenters. The second-order valence-corrected chi connectivity index (χ2v) is 11.7. The number of rotatable bonds is 5. The predicted molar refractivity (Wildman–Crippen MR) is 128 cm³/mol. The number of Topliss-reactive ketones (excluding diaryl/α,β-unsaturated/α-hetero) is 1. The van der Waals surface area contributed by atoms with E-state index in [2.05, 4.69) is 26.1 Å². The highest BCUT2D eigenvalue weighted by atomic mass is 32.2. The van der Waals surface area contributed by atoms with Crippen LogP contribution in [-0.4, -0.2) is 44.3 Å². The molecule has 2 aliphatic rings. The number of hydrogen-bond acceptors (Lipinski definition) is 6. The number of amides is 1. The molecule has 0 aliphatic carbocycles. The third-order valence-corrected chi connectivity index (χ3v) is 8.25. The molecule has 1 fully saturated rings. The average molecular weight is 487 g/mol. The fourth-order valence-electron chi connectivity index (χ4n) is 4.21. The molecule has 8 nitrogen and oxygen atoms in total. The highest BCUT2D eigenvalue weighted by Gasteiger charge is 2.33. The molecule has 182 valence electrons. The number of sulfonamides is 1. The van der Waals surface area contributed by atoms with Gasteiger partial charge in [-0.25, -0.2) is 8.42 Å². The van der Waals surface area contributed by atoms with Crippen LogP contribution in [0.1, 0.15) is 56.5 Å². The fourth-order valence-corrected chi connectivity index (χ4v) is 5.68. The molecule has 2 aliphatic heterocycles. The SMILES string of the molecule is CC(=O)c1cc2c(cc1NC(=O)C1CCN(S(=O)(=O)c3ccc(C(C)(C)C)cc3)CC1)OCO2. The minimum atomic E-state index is -3.63. The summed E-state index contributed by atoms with van der Waals surface area (Å²) >= 11 is 0. The number of nitrogens with zero attached hydrogens (tertiary/aromatic N) is 1. The second kappa shape index (κ2) is 9.03. The van der Waals surface area contributed by atoms with Crippen LogP contribution < -0.4 is 14.8 Å². The largest absolute Gasteiger partial charge is 0.454 e. The van der Waals surface area contributed by atoms with Gasteiger partial charge in [0.1, 0.15) is 0 Å². The van der Waals surface area contributed by atoms with Gasteiger partial charge in [0.25, 0.3) is 0 Å². The van der Waals surface area contributed by atoms with Crippen LogP contribution in [0.25, 0.3) is 0 Å². The lowest BCUT2D eigenvalue weighted by Gasteiger charge is -2.31. The van der Waals surface area contributed by atoms with Crippen molar-refractivity contribution in [3.8, 4) is 11.5 Å². The Morgan fingerprint density at radius 2 is 1.59 bits per heavy atom. The smallest absolute Gasteiger partial charge is 0.243 e. The van der Waals surface area contributed by atoms with Gasteiger partial charge in [0.15, 0.2) is 17.3 Å². The number of ketones is 1. The van der Waals surface area contributed by atoms with Crippen molar-refractivity contribution < 1.29 is 27.5 Å². The van der Waals surface area contributed by atoms with Gasteiger partial charge in [-0.1, -0.05) is 32.9 Å². The summed E-state index contributed by atoms with van der Waals surface area (Å²) < 4.78 is 38.3. The molecule has 1 saturated heterocycles. The van der Waals surface area contributed by atoms with E-state index in [0.29, 0.717) is 35.6 Å². The van der Waals surface area contributed by atoms with Crippen molar-refractivity contribution in [2.75, 3.05) is 25.2 Å². The van der Waals surface area contributed by atoms with Crippen LogP contribution in [0.4, 0.5) is 5.69 Å². The van der Waals surface area contributed by atoms with E-state index in [1.165, 1.54) is 11.2 Å². The van der Waals surface area contributed by atoms with Gasteiger partial charge >= 0.3 is 0 Å². The van der Waals surface area contributed by atoms with Crippen LogP contribution in [-0.2, 0) is 20.2 Å². The first-order valence-corrected chi connectivity index (χ1v) is 12.8. The third kappa shape index (κ3) is 4.81. The molecule has 4 rings (SSSR count). The van der Waals surface area contributed by atoms with Crippen molar-refractivity contribution in [3.05, 3.63) is 47.5 Å². The van der Waals surface area contributed by atoms with E-state index < -0.39 is 10.0 Å². The molecule has 34 heavy (non-hydrogen) atoms. The average Bonchev–Trinajstić information content (AvgIpc) is 3.25. The summed E-state index contributed by atoms with van der Waals surface area (Å²) in [6.45, 7) is 8.23. The van der Waals surface area contributed by atoms with E-state index in [-0.39, 0.29) is 47.8 Å². The zero-order valence-corrected chi connectivity index (χ0v) is 20.7. The molecule has 0 saturated carbocycles. The number of carbonyl (C=O) groups excluding carboxylic acids is 2. The number of ether oxygens (including phenoxy) is 2. The molecular weight excluding hydrogens is 456 g/mol. The molecule has 0 radical (unpaired) electrons. The Morgan fingerprint density at radius 1 is 1.00 bits per heavy atom.